The van der Waals surface area contributed by atoms with Gasteiger partial charge in [0.25, 0.3) is 5.91 Å². The summed E-state index contributed by atoms with van der Waals surface area (Å²) in [5.41, 5.74) is 2.19. The molecule has 164 valence electrons. The number of ether oxygens (including phenoxy) is 2. The number of rotatable bonds is 7. The van der Waals surface area contributed by atoms with Crippen molar-refractivity contribution in [1.29, 1.82) is 0 Å². The molecule has 0 unspecified atom stereocenters. The van der Waals surface area contributed by atoms with Gasteiger partial charge in [-0.15, -0.1) is 0 Å². The van der Waals surface area contributed by atoms with Gasteiger partial charge in [-0.25, -0.2) is 0 Å². The molecule has 0 bridgehead atoms. The molecule has 0 spiro atoms. The Hall–Kier alpha value is -2.77. The molecular formula is C24H29N3O4. The summed E-state index contributed by atoms with van der Waals surface area (Å²) in [5, 5.41) is 0. The zero-order valence-corrected chi connectivity index (χ0v) is 17.7. The van der Waals surface area contributed by atoms with Crippen molar-refractivity contribution in [2.45, 2.75) is 38.1 Å². The lowest BCUT2D eigenvalue weighted by Gasteiger charge is -2.26. The van der Waals surface area contributed by atoms with Crippen molar-refractivity contribution in [3.8, 4) is 0 Å². The second kappa shape index (κ2) is 10.5. The SMILES string of the molecule is O=C1CN(C(=O)[C@H]2CCCO2)C[C@@H](OCc2ccncc2)CN1CCc1ccccc1. The number of aromatic nitrogens is 1. The molecule has 2 aromatic rings. The van der Waals surface area contributed by atoms with Gasteiger partial charge in [-0.1, -0.05) is 30.3 Å². The highest BCUT2D eigenvalue weighted by molar-refractivity contribution is 5.87. The predicted octanol–water partition coefficient (Wildman–Crippen LogP) is 2.06. The number of hydrogen-bond donors (Lipinski definition) is 0. The first-order valence-corrected chi connectivity index (χ1v) is 10.9. The molecule has 2 aliphatic rings. The van der Waals surface area contributed by atoms with Crippen LogP contribution in [0.25, 0.3) is 0 Å². The van der Waals surface area contributed by atoms with Crippen LogP contribution in [0.1, 0.15) is 24.0 Å². The quantitative estimate of drug-likeness (QED) is 0.682. The van der Waals surface area contributed by atoms with Crippen LogP contribution in [0.2, 0.25) is 0 Å². The van der Waals surface area contributed by atoms with Crippen LogP contribution in [0.4, 0.5) is 0 Å². The van der Waals surface area contributed by atoms with Crippen LogP contribution in [0.5, 0.6) is 0 Å². The fourth-order valence-electron chi connectivity index (χ4n) is 4.05. The number of hydrogen-bond acceptors (Lipinski definition) is 5. The van der Waals surface area contributed by atoms with Gasteiger partial charge in [-0.05, 0) is 42.5 Å². The number of carbonyl (C=O) groups is 2. The molecule has 2 fully saturated rings. The first-order valence-electron chi connectivity index (χ1n) is 10.9. The highest BCUT2D eigenvalue weighted by Crippen LogP contribution is 2.18. The molecule has 2 aliphatic heterocycles. The van der Waals surface area contributed by atoms with E-state index in [0.29, 0.717) is 39.3 Å². The van der Waals surface area contributed by atoms with Crippen LogP contribution in [0.15, 0.2) is 54.9 Å². The number of nitrogens with zero attached hydrogens (tertiary/aromatic N) is 3. The summed E-state index contributed by atoms with van der Waals surface area (Å²) >= 11 is 0. The van der Waals surface area contributed by atoms with E-state index >= 15 is 0 Å². The van der Waals surface area contributed by atoms with Crippen molar-refractivity contribution >= 4 is 11.8 Å². The van der Waals surface area contributed by atoms with Crippen LogP contribution in [-0.2, 0) is 32.1 Å². The molecule has 0 aliphatic carbocycles. The second-order valence-corrected chi connectivity index (χ2v) is 8.08. The summed E-state index contributed by atoms with van der Waals surface area (Å²) in [5.74, 6) is -0.148. The van der Waals surface area contributed by atoms with E-state index in [1.807, 2.05) is 35.2 Å². The van der Waals surface area contributed by atoms with E-state index < -0.39 is 6.10 Å². The van der Waals surface area contributed by atoms with E-state index in [1.165, 1.54) is 5.56 Å². The molecule has 7 nitrogen and oxygen atoms in total. The van der Waals surface area contributed by atoms with Gasteiger partial charge in [0.2, 0.25) is 5.91 Å². The van der Waals surface area contributed by atoms with Gasteiger partial charge in [0.1, 0.15) is 6.10 Å². The van der Waals surface area contributed by atoms with Crippen molar-refractivity contribution in [2.75, 3.05) is 32.8 Å². The summed E-state index contributed by atoms with van der Waals surface area (Å²) in [6.45, 7) is 2.53. The smallest absolute Gasteiger partial charge is 0.252 e. The zero-order valence-electron chi connectivity index (χ0n) is 17.7. The van der Waals surface area contributed by atoms with Crippen molar-refractivity contribution < 1.29 is 19.1 Å². The molecule has 0 N–H and O–H groups in total. The van der Waals surface area contributed by atoms with Crippen molar-refractivity contribution in [1.82, 2.24) is 14.8 Å². The van der Waals surface area contributed by atoms with E-state index in [0.717, 1.165) is 18.4 Å². The Morgan fingerprint density at radius 1 is 1.10 bits per heavy atom. The number of amides is 2. The van der Waals surface area contributed by atoms with E-state index in [9.17, 15) is 9.59 Å². The average Bonchev–Trinajstić information content (AvgIpc) is 3.29. The van der Waals surface area contributed by atoms with Crippen LogP contribution in [-0.4, -0.2) is 71.6 Å². The molecule has 2 atom stereocenters. The standard InChI is InChI=1S/C24H29N3O4/c28-23-17-27(24(29)22-7-4-14-30-22)16-21(31-18-20-8-11-25-12-9-20)15-26(23)13-10-19-5-2-1-3-6-19/h1-3,5-6,8-9,11-12,21-22H,4,7,10,13-18H2/t21-,22+/m0/s1. The Balaban J connectivity index is 1.44. The summed E-state index contributed by atoms with van der Waals surface area (Å²) < 4.78 is 11.7. The van der Waals surface area contributed by atoms with Gasteiger partial charge in [0.05, 0.1) is 19.3 Å². The normalized spacial score (nSPS) is 21.9. The Kier molecular flexibility index (Phi) is 7.27. The first kappa shape index (κ1) is 21.5. The highest BCUT2D eigenvalue weighted by atomic mass is 16.5. The molecule has 4 rings (SSSR count). The number of carbonyl (C=O) groups excluding carboxylic acids is 2. The summed E-state index contributed by atoms with van der Waals surface area (Å²) in [7, 11) is 0. The van der Waals surface area contributed by atoms with Crippen LogP contribution in [0, 0.1) is 0 Å². The predicted molar refractivity (Wildman–Crippen MR) is 115 cm³/mol. The van der Waals surface area contributed by atoms with Crippen molar-refractivity contribution in [3.05, 3.63) is 66.0 Å². The van der Waals surface area contributed by atoms with Crippen LogP contribution in [0.3, 0.4) is 0 Å². The Labute approximate surface area is 183 Å². The summed E-state index contributed by atoms with van der Waals surface area (Å²) in [6.07, 6.45) is 5.12. The molecule has 2 amide bonds. The maximum atomic E-state index is 13.0. The summed E-state index contributed by atoms with van der Waals surface area (Å²) in [6, 6.07) is 13.9. The van der Waals surface area contributed by atoms with Gasteiger partial charge in [0.15, 0.2) is 0 Å². The zero-order chi connectivity index (χ0) is 21.5. The molecule has 31 heavy (non-hydrogen) atoms. The lowest BCUT2D eigenvalue weighted by molar-refractivity contribution is -0.145. The van der Waals surface area contributed by atoms with Gasteiger partial charge < -0.3 is 19.3 Å². The minimum Gasteiger partial charge on any atom is -0.370 e. The highest BCUT2D eigenvalue weighted by Gasteiger charge is 2.35. The maximum absolute atomic E-state index is 13.0. The molecule has 7 heteroatoms. The molecule has 0 radical (unpaired) electrons. The Morgan fingerprint density at radius 2 is 1.90 bits per heavy atom. The van der Waals surface area contributed by atoms with Crippen molar-refractivity contribution in [2.24, 2.45) is 0 Å². The largest absolute Gasteiger partial charge is 0.370 e. The molecule has 1 aromatic carbocycles. The van der Waals surface area contributed by atoms with Gasteiger partial charge in [-0.3, -0.25) is 14.6 Å². The van der Waals surface area contributed by atoms with Gasteiger partial charge in [0, 0.05) is 38.6 Å². The first-order chi connectivity index (χ1) is 15.2. The van der Waals surface area contributed by atoms with E-state index in [-0.39, 0.29) is 24.5 Å². The fourth-order valence-corrected chi connectivity index (χ4v) is 4.05. The second-order valence-electron chi connectivity index (χ2n) is 8.08. The molecule has 1 aromatic heterocycles. The molecule has 0 saturated carbocycles. The third-order valence-corrected chi connectivity index (χ3v) is 5.79. The lowest BCUT2D eigenvalue weighted by Crippen LogP contribution is -2.44. The third kappa shape index (κ3) is 5.89. The van der Waals surface area contributed by atoms with Crippen LogP contribution >= 0.6 is 0 Å². The molecule has 2 saturated heterocycles. The Morgan fingerprint density at radius 3 is 2.65 bits per heavy atom. The van der Waals surface area contributed by atoms with E-state index in [1.54, 1.807) is 17.3 Å². The molecular weight excluding hydrogens is 394 g/mol. The topological polar surface area (TPSA) is 72.0 Å². The number of benzene rings is 1. The summed E-state index contributed by atoms with van der Waals surface area (Å²) in [4.78, 5) is 33.5. The van der Waals surface area contributed by atoms with Crippen LogP contribution < -0.4 is 0 Å². The van der Waals surface area contributed by atoms with Gasteiger partial charge in [-0.2, -0.15) is 0 Å². The fraction of sp³-hybridized carbons (Fsp3) is 0.458. The van der Waals surface area contributed by atoms with Crippen molar-refractivity contribution in [3.63, 3.8) is 0 Å². The third-order valence-electron chi connectivity index (χ3n) is 5.79. The van der Waals surface area contributed by atoms with Gasteiger partial charge >= 0.3 is 0 Å². The Bertz CT molecular complexity index is 856. The average molecular weight is 424 g/mol. The van der Waals surface area contributed by atoms with E-state index in [4.69, 9.17) is 9.47 Å². The minimum atomic E-state index is -0.440. The van der Waals surface area contributed by atoms with E-state index in [2.05, 4.69) is 17.1 Å². The maximum Gasteiger partial charge on any atom is 0.252 e. The lowest BCUT2D eigenvalue weighted by atomic mass is 10.1. The molecule has 3 heterocycles. The monoisotopic (exact) mass is 423 g/mol. The minimum absolute atomic E-state index is 0.0442. The number of pyridine rings is 1.